The van der Waals surface area contributed by atoms with Crippen LogP contribution in [0.3, 0.4) is 0 Å². The molecule has 72 valence electrons. The SMILES string of the molecule is CC(=O)N(C)CCNC(C)(C)C. The van der Waals surface area contributed by atoms with Gasteiger partial charge in [-0.2, -0.15) is 0 Å². The first-order chi connectivity index (χ1) is 5.33. The highest BCUT2D eigenvalue weighted by Gasteiger charge is 2.08. The summed E-state index contributed by atoms with van der Waals surface area (Å²) in [4.78, 5) is 12.5. The Kier molecular flexibility index (Phi) is 4.24. The summed E-state index contributed by atoms with van der Waals surface area (Å²) in [5, 5.41) is 3.31. The van der Waals surface area contributed by atoms with E-state index < -0.39 is 0 Å². The second-order valence-corrected chi connectivity index (χ2v) is 4.12. The molecule has 3 nitrogen and oxygen atoms in total. The Morgan fingerprint density at radius 3 is 2.25 bits per heavy atom. The highest BCUT2D eigenvalue weighted by molar-refractivity contribution is 5.72. The molecule has 3 heteroatoms. The number of hydrogen-bond acceptors (Lipinski definition) is 2. The lowest BCUT2D eigenvalue weighted by molar-refractivity contribution is -0.127. The zero-order valence-corrected chi connectivity index (χ0v) is 8.77. The van der Waals surface area contributed by atoms with Crippen molar-refractivity contribution in [1.29, 1.82) is 0 Å². The van der Waals surface area contributed by atoms with E-state index in [0.29, 0.717) is 0 Å². The van der Waals surface area contributed by atoms with Crippen LogP contribution in [0.4, 0.5) is 0 Å². The summed E-state index contributed by atoms with van der Waals surface area (Å²) < 4.78 is 0. The van der Waals surface area contributed by atoms with Crippen molar-refractivity contribution in [3.8, 4) is 0 Å². The van der Waals surface area contributed by atoms with E-state index in [1.807, 2.05) is 7.05 Å². The van der Waals surface area contributed by atoms with Crippen LogP contribution in [0.2, 0.25) is 0 Å². The molecule has 0 aliphatic rings. The molecule has 0 fully saturated rings. The van der Waals surface area contributed by atoms with Gasteiger partial charge >= 0.3 is 0 Å². The van der Waals surface area contributed by atoms with Crippen molar-refractivity contribution in [2.45, 2.75) is 33.2 Å². The molecule has 0 unspecified atom stereocenters. The molecule has 0 aliphatic carbocycles. The number of carbonyl (C=O) groups excluding carboxylic acids is 1. The largest absolute Gasteiger partial charge is 0.345 e. The lowest BCUT2D eigenvalue weighted by atomic mass is 10.1. The second-order valence-electron chi connectivity index (χ2n) is 4.12. The Balaban J connectivity index is 3.51. The van der Waals surface area contributed by atoms with Gasteiger partial charge in [0.25, 0.3) is 0 Å². The third-order valence-electron chi connectivity index (χ3n) is 1.64. The zero-order chi connectivity index (χ0) is 9.78. The van der Waals surface area contributed by atoms with Crippen molar-refractivity contribution in [2.24, 2.45) is 0 Å². The van der Waals surface area contributed by atoms with Gasteiger partial charge < -0.3 is 10.2 Å². The Bertz CT molecular complexity index is 149. The van der Waals surface area contributed by atoms with Gasteiger partial charge in [-0.3, -0.25) is 4.79 Å². The molecule has 0 aliphatic heterocycles. The van der Waals surface area contributed by atoms with E-state index in [9.17, 15) is 4.79 Å². The smallest absolute Gasteiger partial charge is 0.219 e. The van der Waals surface area contributed by atoms with Crippen molar-refractivity contribution in [1.82, 2.24) is 10.2 Å². The molecule has 0 heterocycles. The van der Waals surface area contributed by atoms with E-state index in [1.165, 1.54) is 0 Å². The van der Waals surface area contributed by atoms with Crippen LogP contribution in [0.15, 0.2) is 0 Å². The van der Waals surface area contributed by atoms with Crippen molar-refractivity contribution in [2.75, 3.05) is 20.1 Å². The molecule has 0 aromatic heterocycles. The maximum absolute atomic E-state index is 10.8. The van der Waals surface area contributed by atoms with Gasteiger partial charge in [-0.1, -0.05) is 0 Å². The number of hydrogen-bond donors (Lipinski definition) is 1. The fourth-order valence-electron chi connectivity index (χ4n) is 0.756. The molecule has 0 aromatic rings. The topological polar surface area (TPSA) is 32.3 Å². The van der Waals surface area contributed by atoms with E-state index in [4.69, 9.17) is 0 Å². The van der Waals surface area contributed by atoms with Crippen LogP contribution in [0.25, 0.3) is 0 Å². The Morgan fingerprint density at radius 2 is 1.92 bits per heavy atom. The van der Waals surface area contributed by atoms with Gasteiger partial charge in [0.1, 0.15) is 0 Å². The molecule has 1 amide bonds. The highest BCUT2D eigenvalue weighted by atomic mass is 16.2. The molecular weight excluding hydrogens is 152 g/mol. The summed E-state index contributed by atoms with van der Waals surface area (Å²) in [5.41, 5.74) is 0.137. The molecule has 0 radical (unpaired) electrons. The zero-order valence-electron chi connectivity index (χ0n) is 8.77. The molecule has 0 saturated heterocycles. The first-order valence-corrected chi connectivity index (χ1v) is 4.29. The Morgan fingerprint density at radius 1 is 1.42 bits per heavy atom. The third kappa shape index (κ3) is 6.16. The fraction of sp³-hybridized carbons (Fsp3) is 0.889. The van der Waals surface area contributed by atoms with Gasteiger partial charge in [-0.15, -0.1) is 0 Å². The lowest BCUT2D eigenvalue weighted by Crippen LogP contribution is -2.41. The van der Waals surface area contributed by atoms with Crippen LogP contribution >= 0.6 is 0 Å². The summed E-state index contributed by atoms with van der Waals surface area (Å²) in [7, 11) is 1.81. The highest BCUT2D eigenvalue weighted by Crippen LogP contribution is 1.97. The molecular formula is C9H20N2O. The van der Waals surface area contributed by atoms with Crippen LogP contribution in [-0.2, 0) is 4.79 Å². The molecule has 0 aromatic carbocycles. The van der Waals surface area contributed by atoms with Gasteiger partial charge in [0, 0.05) is 32.6 Å². The first kappa shape index (κ1) is 11.4. The number of nitrogens with one attached hydrogen (secondary N) is 1. The van der Waals surface area contributed by atoms with Gasteiger partial charge in [0.15, 0.2) is 0 Å². The maximum Gasteiger partial charge on any atom is 0.219 e. The average molecular weight is 172 g/mol. The van der Waals surface area contributed by atoms with Crippen LogP contribution in [0.5, 0.6) is 0 Å². The van der Waals surface area contributed by atoms with E-state index in [0.717, 1.165) is 13.1 Å². The van der Waals surface area contributed by atoms with E-state index >= 15 is 0 Å². The first-order valence-electron chi connectivity index (χ1n) is 4.29. The number of nitrogens with zero attached hydrogens (tertiary/aromatic N) is 1. The maximum atomic E-state index is 10.8. The molecule has 1 N–H and O–H groups in total. The van der Waals surface area contributed by atoms with E-state index in [-0.39, 0.29) is 11.4 Å². The van der Waals surface area contributed by atoms with Crippen molar-refractivity contribution in [3.63, 3.8) is 0 Å². The molecule has 0 bridgehead atoms. The van der Waals surface area contributed by atoms with Crippen molar-refractivity contribution < 1.29 is 4.79 Å². The summed E-state index contributed by atoms with van der Waals surface area (Å²) in [5.74, 6) is 0.116. The lowest BCUT2D eigenvalue weighted by Gasteiger charge is -2.23. The van der Waals surface area contributed by atoms with Crippen LogP contribution in [0, 0.1) is 0 Å². The van der Waals surface area contributed by atoms with Crippen LogP contribution in [-0.4, -0.2) is 36.5 Å². The normalized spacial score (nSPS) is 11.4. The van der Waals surface area contributed by atoms with Crippen LogP contribution < -0.4 is 5.32 Å². The number of rotatable bonds is 3. The summed E-state index contributed by atoms with van der Waals surface area (Å²) >= 11 is 0. The molecule has 12 heavy (non-hydrogen) atoms. The van der Waals surface area contributed by atoms with E-state index in [1.54, 1.807) is 11.8 Å². The number of carbonyl (C=O) groups is 1. The van der Waals surface area contributed by atoms with Gasteiger partial charge in [-0.05, 0) is 20.8 Å². The third-order valence-corrected chi connectivity index (χ3v) is 1.64. The van der Waals surface area contributed by atoms with Gasteiger partial charge in [0.05, 0.1) is 0 Å². The number of amides is 1. The Hall–Kier alpha value is -0.570. The minimum atomic E-state index is 0.116. The summed E-state index contributed by atoms with van der Waals surface area (Å²) in [6, 6.07) is 0. The minimum Gasteiger partial charge on any atom is -0.345 e. The predicted octanol–water partition coefficient (Wildman–Crippen LogP) is 0.853. The fourth-order valence-corrected chi connectivity index (χ4v) is 0.756. The monoisotopic (exact) mass is 172 g/mol. The number of likely N-dealkylation sites (N-methyl/N-ethyl adjacent to an activating group) is 1. The van der Waals surface area contributed by atoms with Gasteiger partial charge in [-0.25, -0.2) is 0 Å². The van der Waals surface area contributed by atoms with Gasteiger partial charge in [0.2, 0.25) is 5.91 Å². The predicted molar refractivity (Wildman–Crippen MR) is 51.1 cm³/mol. The minimum absolute atomic E-state index is 0.116. The van der Waals surface area contributed by atoms with Crippen molar-refractivity contribution >= 4 is 5.91 Å². The molecule has 0 atom stereocenters. The molecule has 0 rings (SSSR count). The molecule has 0 spiro atoms. The summed E-state index contributed by atoms with van der Waals surface area (Å²) in [6.45, 7) is 9.53. The molecule has 0 saturated carbocycles. The van der Waals surface area contributed by atoms with Crippen molar-refractivity contribution in [3.05, 3.63) is 0 Å². The quantitative estimate of drug-likeness (QED) is 0.684. The Labute approximate surface area is 75.1 Å². The van der Waals surface area contributed by atoms with E-state index in [2.05, 4.69) is 26.1 Å². The standard InChI is InChI=1S/C9H20N2O/c1-8(12)11(5)7-6-10-9(2,3)4/h10H,6-7H2,1-5H3. The second kappa shape index (κ2) is 4.45. The summed E-state index contributed by atoms with van der Waals surface area (Å²) in [6.07, 6.45) is 0. The van der Waals surface area contributed by atoms with Crippen LogP contribution in [0.1, 0.15) is 27.7 Å². The average Bonchev–Trinajstić information content (AvgIpc) is 1.84.